The molecule has 0 aromatic heterocycles. The van der Waals surface area contributed by atoms with Crippen molar-refractivity contribution in [2.75, 3.05) is 13.2 Å². The second-order valence-corrected chi connectivity index (χ2v) is 9.00. The zero-order valence-corrected chi connectivity index (χ0v) is 20.3. The summed E-state index contributed by atoms with van der Waals surface area (Å²) in [6.45, 7) is 11.1. The van der Waals surface area contributed by atoms with E-state index in [1.165, 1.54) is 0 Å². The molecular weight excluding hydrogens is 420 g/mol. The van der Waals surface area contributed by atoms with Gasteiger partial charge in [0.05, 0.1) is 13.2 Å². The first-order valence-corrected chi connectivity index (χ1v) is 11.3. The Bertz CT molecular complexity index is 923. The summed E-state index contributed by atoms with van der Waals surface area (Å²) < 4.78 is 16.0. The van der Waals surface area contributed by atoms with Crippen LogP contribution in [0.15, 0.2) is 54.6 Å². The molecule has 0 saturated carbocycles. The number of carbonyl (C=O) groups excluding carboxylic acids is 3. The lowest BCUT2D eigenvalue weighted by Crippen LogP contribution is -2.55. The van der Waals surface area contributed by atoms with Crippen molar-refractivity contribution in [3.05, 3.63) is 65.7 Å². The monoisotopic (exact) mass is 454 g/mol. The number of hydrogen-bond acceptors (Lipinski definition) is 6. The lowest BCUT2D eigenvalue weighted by Gasteiger charge is -2.32. The summed E-state index contributed by atoms with van der Waals surface area (Å²) in [5.41, 5.74) is -0.413. The van der Waals surface area contributed by atoms with Gasteiger partial charge in [0.1, 0.15) is 5.75 Å². The second-order valence-electron chi connectivity index (χ2n) is 9.00. The Labute approximate surface area is 196 Å². The molecule has 0 aliphatic carbocycles. The third kappa shape index (κ3) is 6.01. The minimum Gasteiger partial charge on any atom is -0.465 e. The van der Waals surface area contributed by atoms with E-state index in [0.29, 0.717) is 0 Å². The fourth-order valence-electron chi connectivity index (χ4n) is 3.67. The number of benzene rings is 2. The average molecular weight is 455 g/mol. The van der Waals surface area contributed by atoms with E-state index in [9.17, 15) is 14.4 Å². The molecule has 0 N–H and O–H groups in total. The molecule has 2 aromatic rings. The van der Waals surface area contributed by atoms with E-state index in [2.05, 4.69) is 20.8 Å². The Kier molecular flexibility index (Phi) is 8.80. The molecule has 6 heteroatoms. The van der Waals surface area contributed by atoms with Crippen molar-refractivity contribution in [1.29, 1.82) is 0 Å². The fourth-order valence-corrected chi connectivity index (χ4v) is 3.67. The van der Waals surface area contributed by atoms with E-state index in [0.717, 1.165) is 11.1 Å². The normalized spacial score (nSPS) is 12.5. The highest BCUT2D eigenvalue weighted by atomic mass is 16.6. The molecule has 0 aliphatic rings. The van der Waals surface area contributed by atoms with E-state index < -0.39 is 29.2 Å². The first-order valence-electron chi connectivity index (χ1n) is 11.3. The number of ether oxygens (including phenoxy) is 3. The molecule has 0 heterocycles. The zero-order valence-electron chi connectivity index (χ0n) is 20.3. The molecule has 6 nitrogen and oxygen atoms in total. The molecule has 0 bridgehead atoms. The van der Waals surface area contributed by atoms with Gasteiger partial charge in [0, 0.05) is 0 Å². The zero-order chi connectivity index (χ0) is 24.6. The van der Waals surface area contributed by atoms with E-state index in [-0.39, 0.29) is 30.8 Å². The van der Waals surface area contributed by atoms with Gasteiger partial charge >= 0.3 is 17.9 Å². The maximum atomic E-state index is 13.6. The summed E-state index contributed by atoms with van der Waals surface area (Å²) in [7, 11) is 0. The fraction of sp³-hybridized carbons (Fsp3) is 0.444. The maximum Gasteiger partial charge on any atom is 0.340 e. The van der Waals surface area contributed by atoms with E-state index in [4.69, 9.17) is 14.2 Å². The summed E-state index contributed by atoms with van der Waals surface area (Å²) in [5.74, 6) is -3.49. The molecule has 1 atom stereocenters. The van der Waals surface area contributed by atoms with Gasteiger partial charge in [-0.2, -0.15) is 0 Å². The predicted molar refractivity (Wildman–Crippen MR) is 126 cm³/mol. The molecule has 1 unspecified atom stereocenters. The van der Waals surface area contributed by atoms with Crippen LogP contribution in [0.2, 0.25) is 0 Å². The van der Waals surface area contributed by atoms with Crippen LogP contribution in [0.5, 0.6) is 5.75 Å². The van der Waals surface area contributed by atoms with Crippen molar-refractivity contribution in [1.82, 2.24) is 0 Å². The number of hydrogen-bond donors (Lipinski definition) is 0. The average Bonchev–Trinajstić information content (AvgIpc) is 2.75. The maximum absolute atomic E-state index is 13.6. The highest BCUT2D eigenvalue weighted by Gasteiger charge is 2.61. The highest BCUT2D eigenvalue weighted by Crippen LogP contribution is 2.36. The van der Waals surface area contributed by atoms with E-state index >= 15 is 0 Å². The van der Waals surface area contributed by atoms with Crippen LogP contribution < -0.4 is 4.74 Å². The minimum atomic E-state index is -2.26. The van der Waals surface area contributed by atoms with Gasteiger partial charge in [-0.1, -0.05) is 70.2 Å². The Morgan fingerprint density at radius 1 is 0.788 bits per heavy atom. The first-order chi connectivity index (χ1) is 15.6. The summed E-state index contributed by atoms with van der Waals surface area (Å²) in [6, 6.07) is 16.3. The summed E-state index contributed by atoms with van der Waals surface area (Å²) >= 11 is 0. The molecular formula is C27H34O6. The van der Waals surface area contributed by atoms with Crippen molar-refractivity contribution in [2.24, 2.45) is 11.3 Å². The molecule has 0 aliphatic heterocycles. The molecule has 2 aromatic carbocycles. The molecule has 2 rings (SSSR count). The predicted octanol–water partition coefficient (Wildman–Crippen LogP) is 4.88. The summed E-state index contributed by atoms with van der Waals surface area (Å²) in [4.78, 5) is 40.0. The van der Waals surface area contributed by atoms with Gasteiger partial charge in [-0.15, -0.1) is 0 Å². The Morgan fingerprint density at radius 3 is 1.76 bits per heavy atom. The molecule has 0 saturated heterocycles. The number of rotatable bonds is 9. The Balaban J connectivity index is 2.49. The van der Waals surface area contributed by atoms with Crippen LogP contribution in [0, 0.1) is 11.3 Å². The van der Waals surface area contributed by atoms with Crippen LogP contribution in [0.4, 0.5) is 0 Å². The summed E-state index contributed by atoms with van der Waals surface area (Å²) in [5, 5.41) is 0. The topological polar surface area (TPSA) is 78.9 Å². The van der Waals surface area contributed by atoms with Crippen molar-refractivity contribution < 1.29 is 28.6 Å². The van der Waals surface area contributed by atoms with Crippen LogP contribution >= 0.6 is 0 Å². The van der Waals surface area contributed by atoms with Gasteiger partial charge in [0.2, 0.25) is 0 Å². The van der Waals surface area contributed by atoms with Crippen LogP contribution in [-0.4, -0.2) is 31.1 Å². The number of esters is 3. The van der Waals surface area contributed by atoms with E-state index in [1.807, 2.05) is 42.5 Å². The first kappa shape index (κ1) is 26.1. The molecule has 0 spiro atoms. The minimum absolute atomic E-state index is 0.00556. The van der Waals surface area contributed by atoms with Gasteiger partial charge in [-0.3, -0.25) is 9.59 Å². The quantitative estimate of drug-likeness (QED) is 0.305. The van der Waals surface area contributed by atoms with Gasteiger partial charge in [0.15, 0.2) is 0 Å². The van der Waals surface area contributed by atoms with Gasteiger partial charge < -0.3 is 14.2 Å². The smallest absolute Gasteiger partial charge is 0.340 e. The largest absolute Gasteiger partial charge is 0.465 e. The number of carbonyl (C=O) groups is 3. The standard InChI is InChI=1S/C27H34O6/c1-7-31-23(28)27(24(29)32-8-2,19(3)18-20-12-10-9-11-13-20)25(30)33-22-16-14-21(15-17-22)26(4,5)6/h9-17,19H,7-8,18H2,1-6H3. The van der Waals surface area contributed by atoms with Crippen LogP contribution in [0.25, 0.3) is 0 Å². The van der Waals surface area contributed by atoms with Crippen molar-refractivity contribution in [3.63, 3.8) is 0 Å². The lowest BCUT2D eigenvalue weighted by molar-refractivity contribution is -0.184. The van der Waals surface area contributed by atoms with Crippen molar-refractivity contribution >= 4 is 17.9 Å². The Hall–Kier alpha value is -3.15. The van der Waals surface area contributed by atoms with Crippen molar-refractivity contribution in [2.45, 2.75) is 53.4 Å². The van der Waals surface area contributed by atoms with Crippen molar-refractivity contribution in [3.8, 4) is 5.75 Å². The van der Waals surface area contributed by atoms with Gasteiger partial charge in [-0.25, -0.2) is 4.79 Å². The van der Waals surface area contributed by atoms with Crippen LogP contribution in [-0.2, 0) is 35.7 Å². The molecule has 178 valence electrons. The van der Waals surface area contributed by atoms with E-state index in [1.54, 1.807) is 32.9 Å². The lowest BCUT2D eigenvalue weighted by atomic mass is 9.73. The van der Waals surface area contributed by atoms with Crippen LogP contribution in [0.1, 0.15) is 52.7 Å². The SMILES string of the molecule is CCOC(=O)C(C(=O)OCC)(C(=O)Oc1ccc(C(C)(C)C)cc1)C(C)Cc1ccccc1. The van der Waals surface area contributed by atoms with Gasteiger partial charge in [-0.05, 0) is 54.9 Å². The molecule has 33 heavy (non-hydrogen) atoms. The summed E-state index contributed by atoms with van der Waals surface area (Å²) in [6.07, 6.45) is 0.274. The van der Waals surface area contributed by atoms with Gasteiger partial charge in [0.25, 0.3) is 5.41 Å². The molecule has 0 amide bonds. The third-order valence-corrected chi connectivity index (χ3v) is 5.57. The molecule has 0 radical (unpaired) electrons. The molecule has 0 fully saturated rings. The second kappa shape index (κ2) is 11.1. The Morgan fingerprint density at radius 2 is 1.30 bits per heavy atom. The third-order valence-electron chi connectivity index (χ3n) is 5.57. The van der Waals surface area contributed by atoms with Crippen LogP contribution in [0.3, 0.4) is 0 Å². The highest BCUT2D eigenvalue weighted by molar-refractivity contribution is 6.18.